The quantitative estimate of drug-likeness (QED) is 0.600. The average Bonchev–Trinajstić information content (AvgIpc) is 2.48. The molecule has 3 heteroatoms. The summed E-state index contributed by atoms with van der Waals surface area (Å²) in [6.07, 6.45) is 6.68. The Morgan fingerprint density at radius 2 is 2.11 bits per heavy atom. The van der Waals surface area contributed by atoms with Crippen molar-refractivity contribution in [1.29, 1.82) is 0 Å². The molecule has 0 aromatic heterocycles. The van der Waals surface area contributed by atoms with Gasteiger partial charge in [0.1, 0.15) is 0 Å². The summed E-state index contributed by atoms with van der Waals surface area (Å²) in [6, 6.07) is 7.74. The van der Waals surface area contributed by atoms with Crippen molar-refractivity contribution >= 4 is 11.7 Å². The van der Waals surface area contributed by atoms with E-state index in [4.69, 9.17) is 4.74 Å². The molecule has 1 heterocycles. The first-order valence-electron chi connectivity index (χ1n) is 7.15. The summed E-state index contributed by atoms with van der Waals surface area (Å²) in [5, 5.41) is 0. The van der Waals surface area contributed by atoms with Crippen LogP contribution in [0.4, 0.5) is 5.69 Å². The molecule has 1 saturated heterocycles. The van der Waals surface area contributed by atoms with Crippen LogP contribution in [0.1, 0.15) is 43.0 Å². The van der Waals surface area contributed by atoms with Crippen molar-refractivity contribution in [2.24, 2.45) is 0 Å². The highest BCUT2D eigenvalue weighted by Gasteiger charge is 2.12. The molecular weight excluding hydrogens is 238 g/mol. The zero-order valence-electron chi connectivity index (χ0n) is 11.6. The molecule has 1 aliphatic rings. The Morgan fingerprint density at radius 3 is 2.74 bits per heavy atom. The number of nitrogens with zero attached hydrogens (tertiary/aromatic N) is 1. The number of hydrogen-bond acceptors (Lipinski definition) is 3. The van der Waals surface area contributed by atoms with Gasteiger partial charge in [-0.2, -0.15) is 0 Å². The minimum Gasteiger partial charge on any atom is -0.462 e. The van der Waals surface area contributed by atoms with Gasteiger partial charge in [0.2, 0.25) is 0 Å². The predicted octanol–water partition coefficient (Wildman–Crippen LogP) is 3.45. The molecule has 0 saturated carbocycles. The van der Waals surface area contributed by atoms with Crippen molar-refractivity contribution in [3.05, 3.63) is 36.2 Å². The second-order valence-electron chi connectivity index (χ2n) is 4.91. The molecule has 2 rings (SSSR count). The van der Waals surface area contributed by atoms with Gasteiger partial charge in [0.05, 0.1) is 12.2 Å². The Morgan fingerprint density at radius 1 is 1.32 bits per heavy atom. The minimum absolute atomic E-state index is 0.217. The van der Waals surface area contributed by atoms with E-state index in [1.165, 1.54) is 18.5 Å². The molecule has 103 valence electrons. The summed E-state index contributed by atoms with van der Waals surface area (Å²) in [7, 11) is 0. The van der Waals surface area contributed by atoms with E-state index in [0.29, 0.717) is 12.2 Å². The molecule has 3 nitrogen and oxygen atoms in total. The number of hydrogen-bond donors (Lipinski definition) is 0. The number of anilines is 1. The molecule has 1 aromatic carbocycles. The second kappa shape index (κ2) is 7.17. The maximum absolute atomic E-state index is 11.8. The summed E-state index contributed by atoms with van der Waals surface area (Å²) in [6.45, 7) is 4.69. The molecule has 0 bridgehead atoms. The topological polar surface area (TPSA) is 29.5 Å². The molecule has 1 radical (unpaired) electrons. The lowest BCUT2D eigenvalue weighted by Gasteiger charge is -2.28. The van der Waals surface area contributed by atoms with Crippen LogP contribution in [0, 0.1) is 6.42 Å². The fourth-order valence-electron chi connectivity index (χ4n) is 2.20. The van der Waals surface area contributed by atoms with E-state index in [1.807, 2.05) is 24.3 Å². The van der Waals surface area contributed by atoms with Crippen LogP contribution in [0.2, 0.25) is 0 Å². The van der Waals surface area contributed by atoms with Gasteiger partial charge in [-0.3, -0.25) is 0 Å². The van der Waals surface area contributed by atoms with E-state index in [-0.39, 0.29) is 5.97 Å². The standard InChI is InChI=1S/C16H22NO2/c1-2-3-13-19-16(18)14-7-9-15(10-8-14)17-11-5-4-6-12-17/h5,7-10H,2-4,6,11-13H2,1H3. The number of benzene rings is 1. The highest BCUT2D eigenvalue weighted by molar-refractivity contribution is 5.89. The Bertz CT molecular complexity index is 394. The average molecular weight is 260 g/mol. The van der Waals surface area contributed by atoms with Gasteiger partial charge < -0.3 is 9.64 Å². The minimum atomic E-state index is -0.217. The highest BCUT2D eigenvalue weighted by atomic mass is 16.5. The zero-order valence-corrected chi connectivity index (χ0v) is 11.6. The van der Waals surface area contributed by atoms with E-state index >= 15 is 0 Å². The number of ether oxygens (including phenoxy) is 1. The first-order valence-corrected chi connectivity index (χ1v) is 7.15. The monoisotopic (exact) mass is 260 g/mol. The number of rotatable bonds is 5. The van der Waals surface area contributed by atoms with Gasteiger partial charge in [-0.05, 0) is 49.9 Å². The van der Waals surface area contributed by atoms with Crippen molar-refractivity contribution in [2.75, 3.05) is 24.6 Å². The third kappa shape index (κ3) is 3.98. The number of unbranched alkanes of at least 4 members (excludes halogenated alkanes) is 1. The molecule has 0 N–H and O–H groups in total. The fraction of sp³-hybridized carbons (Fsp3) is 0.500. The highest BCUT2D eigenvalue weighted by Crippen LogP contribution is 2.20. The number of carbonyl (C=O) groups is 1. The van der Waals surface area contributed by atoms with E-state index in [9.17, 15) is 4.79 Å². The summed E-state index contributed by atoms with van der Waals surface area (Å²) < 4.78 is 5.20. The Kier molecular flexibility index (Phi) is 5.25. The molecule has 0 unspecified atom stereocenters. The second-order valence-corrected chi connectivity index (χ2v) is 4.91. The molecule has 1 fully saturated rings. The Hall–Kier alpha value is -1.51. The summed E-state index contributed by atoms with van der Waals surface area (Å²) in [5.41, 5.74) is 1.82. The van der Waals surface area contributed by atoms with Gasteiger partial charge in [-0.15, -0.1) is 0 Å². The lowest BCUT2D eigenvalue weighted by molar-refractivity contribution is 0.0500. The molecule has 0 amide bonds. The lowest BCUT2D eigenvalue weighted by atomic mass is 10.1. The molecule has 19 heavy (non-hydrogen) atoms. The van der Waals surface area contributed by atoms with Gasteiger partial charge in [0.15, 0.2) is 0 Å². The predicted molar refractivity (Wildman–Crippen MR) is 77.4 cm³/mol. The van der Waals surface area contributed by atoms with E-state index in [1.54, 1.807) is 0 Å². The van der Waals surface area contributed by atoms with Crippen LogP contribution >= 0.6 is 0 Å². The van der Waals surface area contributed by atoms with E-state index < -0.39 is 0 Å². The number of carbonyl (C=O) groups excluding carboxylic acids is 1. The summed E-state index contributed by atoms with van der Waals surface area (Å²) in [5.74, 6) is -0.217. The van der Waals surface area contributed by atoms with Gasteiger partial charge in [-0.1, -0.05) is 13.3 Å². The van der Waals surface area contributed by atoms with E-state index in [0.717, 1.165) is 25.9 Å². The maximum Gasteiger partial charge on any atom is 0.338 e. The van der Waals surface area contributed by atoms with Gasteiger partial charge >= 0.3 is 5.97 Å². The number of piperidine rings is 1. The summed E-state index contributed by atoms with van der Waals surface area (Å²) >= 11 is 0. The maximum atomic E-state index is 11.8. The van der Waals surface area contributed by atoms with Crippen molar-refractivity contribution < 1.29 is 9.53 Å². The smallest absolute Gasteiger partial charge is 0.338 e. The van der Waals surface area contributed by atoms with Crippen molar-refractivity contribution in [1.82, 2.24) is 0 Å². The SMILES string of the molecule is CCCCOC(=O)c1ccc(N2C[CH]CCC2)cc1. The fourth-order valence-corrected chi connectivity index (χ4v) is 2.20. The molecule has 0 atom stereocenters. The molecular formula is C16H22NO2. The van der Waals surface area contributed by atoms with Crippen LogP contribution in [0.5, 0.6) is 0 Å². The molecule has 1 aromatic rings. The van der Waals surface area contributed by atoms with Crippen LogP contribution in [0.25, 0.3) is 0 Å². The molecule has 0 aliphatic carbocycles. The van der Waals surface area contributed by atoms with Crippen LogP contribution < -0.4 is 4.90 Å². The first kappa shape index (κ1) is 13.9. The van der Waals surface area contributed by atoms with Crippen molar-refractivity contribution in [3.8, 4) is 0 Å². The van der Waals surface area contributed by atoms with Gasteiger partial charge in [0.25, 0.3) is 0 Å². The largest absolute Gasteiger partial charge is 0.462 e. The van der Waals surface area contributed by atoms with Crippen molar-refractivity contribution in [3.63, 3.8) is 0 Å². The Labute approximate surface area is 115 Å². The molecule has 1 aliphatic heterocycles. The van der Waals surface area contributed by atoms with Gasteiger partial charge in [-0.25, -0.2) is 4.79 Å². The zero-order chi connectivity index (χ0) is 13.5. The third-order valence-corrected chi connectivity index (χ3v) is 3.38. The van der Waals surface area contributed by atoms with Crippen molar-refractivity contribution in [2.45, 2.75) is 32.6 Å². The molecule has 0 spiro atoms. The Balaban J connectivity index is 1.91. The van der Waals surface area contributed by atoms with Crippen LogP contribution in [0.15, 0.2) is 24.3 Å². The normalized spacial score (nSPS) is 15.3. The first-order chi connectivity index (χ1) is 9.31. The van der Waals surface area contributed by atoms with E-state index in [2.05, 4.69) is 18.2 Å². The third-order valence-electron chi connectivity index (χ3n) is 3.38. The summed E-state index contributed by atoms with van der Waals surface area (Å²) in [4.78, 5) is 14.1. The lowest BCUT2D eigenvalue weighted by Crippen LogP contribution is -2.29. The van der Waals surface area contributed by atoms with Gasteiger partial charge in [0, 0.05) is 18.8 Å². The van der Waals surface area contributed by atoms with Crippen LogP contribution in [-0.4, -0.2) is 25.7 Å². The number of esters is 1. The van der Waals surface area contributed by atoms with Crippen LogP contribution in [-0.2, 0) is 4.74 Å². The van der Waals surface area contributed by atoms with Crippen LogP contribution in [0.3, 0.4) is 0 Å².